The third-order valence-corrected chi connectivity index (χ3v) is 3.41. The van der Waals surface area contributed by atoms with Gasteiger partial charge < -0.3 is 15.8 Å². The van der Waals surface area contributed by atoms with E-state index in [0.29, 0.717) is 12.0 Å². The standard InChI is InChI=1S/C14H15N3O4/c1-16-9-5-2-4-8-11(9)14(21)17(13(8)20)10(12(15)19)6-3-7-18/h2,4-5,7,10,16H,3,6H2,1H3,(H2,15,19). The van der Waals surface area contributed by atoms with Gasteiger partial charge in [0.15, 0.2) is 0 Å². The van der Waals surface area contributed by atoms with Gasteiger partial charge in [-0.2, -0.15) is 0 Å². The van der Waals surface area contributed by atoms with E-state index in [0.717, 1.165) is 4.90 Å². The number of aldehydes is 1. The number of anilines is 1. The number of rotatable bonds is 6. The van der Waals surface area contributed by atoms with Crippen molar-refractivity contribution in [2.45, 2.75) is 18.9 Å². The fourth-order valence-corrected chi connectivity index (χ4v) is 2.42. The fraction of sp³-hybridized carbons (Fsp3) is 0.286. The highest BCUT2D eigenvalue weighted by Crippen LogP contribution is 2.31. The predicted molar refractivity (Wildman–Crippen MR) is 74.8 cm³/mol. The summed E-state index contributed by atoms with van der Waals surface area (Å²) in [6.45, 7) is 0. The normalized spacial score (nSPS) is 14.8. The molecule has 1 aliphatic heterocycles. The van der Waals surface area contributed by atoms with Gasteiger partial charge in [0.1, 0.15) is 12.3 Å². The third-order valence-electron chi connectivity index (χ3n) is 3.41. The number of fused-ring (bicyclic) bond motifs is 1. The summed E-state index contributed by atoms with van der Waals surface area (Å²) in [7, 11) is 1.63. The number of imide groups is 1. The van der Waals surface area contributed by atoms with Gasteiger partial charge in [0, 0.05) is 19.2 Å². The van der Waals surface area contributed by atoms with Crippen molar-refractivity contribution in [1.29, 1.82) is 0 Å². The van der Waals surface area contributed by atoms with Crippen LogP contribution in [-0.2, 0) is 9.59 Å². The van der Waals surface area contributed by atoms with Crippen molar-refractivity contribution in [3.8, 4) is 0 Å². The summed E-state index contributed by atoms with van der Waals surface area (Å²) in [4.78, 5) is 47.7. The molecule has 1 aliphatic rings. The number of nitrogens with one attached hydrogen (secondary N) is 1. The van der Waals surface area contributed by atoms with Crippen molar-refractivity contribution in [2.24, 2.45) is 5.73 Å². The van der Waals surface area contributed by atoms with E-state index >= 15 is 0 Å². The molecule has 0 aromatic heterocycles. The van der Waals surface area contributed by atoms with Crippen LogP contribution in [0.25, 0.3) is 0 Å². The maximum Gasteiger partial charge on any atom is 0.264 e. The minimum absolute atomic E-state index is 0.0270. The summed E-state index contributed by atoms with van der Waals surface area (Å²) in [5, 5.41) is 2.84. The summed E-state index contributed by atoms with van der Waals surface area (Å²) in [6.07, 6.45) is 0.687. The van der Waals surface area contributed by atoms with Crippen molar-refractivity contribution in [3.05, 3.63) is 29.3 Å². The smallest absolute Gasteiger partial charge is 0.264 e. The molecular weight excluding hydrogens is 274 g/mol. The third kappa shape index (κ3) is 2.37. The second-order valence-corrected chi connectivity index (χ2v) is 4.62. The zero-order valence-electron chi connectivity index (χ0n) is 11.5. The number of nitrogens with two attached hydrogens (primary N) is 1. The number of amides is 3. The molecule has 1 aromatic rings. The first-order valence-electron chi connectivity index (χ1n) is 6.44. The predicted octanol–water partition coefficient (Wildman–Crippen LogP) is 0.157. The Bertz CT molecular complexity index is 627. The monoisotopic (exact) mass is 289 g/mol. The van der Waals surface area contributed by atoms with Crippen molar-refractivity contribution >= 4 is 29.7 Å². The van der Waals surface area contributed by atoms with Crippen LogP contribution in [0.2, 0.25) is 0 Å². The largest absolute Gasteiger partial charge is 0.387 e. The van der Waals surface area contributed by atoms with E-state index in [-0.39, 0.29) is 24.0 Å². The average Bonchev–Trinajstić information content (AvgIpc) is 2.72. The molecule has 110 valence electrons. The zero-order valence-corrected chi connectivity index (χ0v) is 11.5. The average molecular weight is 289 g/mol. The van der Waals surface area contributed by atoms with Crippen LogP contribution >= 0.6 is 0 Å². The number of hydrogen-bond donors (Lipinski definition) is 2. The van der Waals surface area contributed by atoms with Gasteiger partial charge in [-0.25, -0.2) is 0 Å². The minimum Gasteiger partial charge on any atom is -0.387 e. The van der Waals surface area contributed by atoms with Gasteiger partial charge >= 0.3 is 0 Å². The Morgan fingerprint density at radius 2 is 2.10 bits per heavy atom. The summed E-state index contributed by atoms with van der Waals surface area (Å²) in [5.41, 5.74) is 6.23. The molecule has 2 rings (SSSR count). The quantitative estimate of drug-likeness (QED) is 0.572. The minimum atomic E-state index is -1.12. The van der Waals surface area contributed by atoms with Gasteiger partial charge in [-0.05, 0) is 18.6 Å². The number of hydrogen-bond acceptors (Lipinski definition) is 5. The molecule has 0 bridgehead atoms. The summed E-state index contributed by atoms with van der Waals surface area (Å²) in [6, 6.07) is 3.71. The van der Waals surface area contributed by atoms with E-state index in [1.807, 2.05) is 0 Å². The maximum absolute atomic E-state index is 12.5. The lowest BCUT2D eigenvalue weighted by molar-refractivity contribution is -0.122. The molecule has 0 spiro atoms. The van der Waals surface area contributed by atoms with Gasteiger partial charge in [0.2, 0.25) is 5.91 Å². The highest BCUT2D eigenvalue weighted by Gasteiger charge is 2.43. The van der Waals surface area contributed by atoms with E-state index < -0.39 is 23.8 Å². The van der Waals surface area contributed by atoms with E-state index in [4.69, 9.17) is 5.73 Å². The van der Waals surface area contributed by atoms with E-state index in [1.165, 1.54) is 6.07 Å². The summed E-state index contributed by atoms with van der Waals surface area (Å²) < 4.78 is 0. The van der Waals surface area contributed by atoms with Crippen molar-refractivity contribution in [1.82, 2.24) is 4.90 Å². The summed E-state index contributed by atoms with van der Waals surface area (Å²) in [5.74, 6) is -1.95. The number of primary amides is 1. The molecule has 7 nitrogen and oxygen atoms in total. The Hall–Kier alpha value is -2.70. The molecule has 1 aromatic carbocycles. The number of benzene rings is 1. The molecule has 3 N–H and O–H groups in total. The van der Waals surface area contributed by atoms with Crippen LogP contribution in [0.1, 0.15) is 33.6 Å². The highest BCUT2D eigenvalue weighted by molar-refractivity contribution is 6.25. The maximum atomic E-state index is 12.5. The molecule has 1 unspecified atom stereocenters. The first kappa shape index (κ1) is 14.7. The topological polar surface area (TPSA) is 110 Å². The Labute approximate surface area is 121 Å². The molecular formula is C14H15N3O4. The molecule has 0 radical (unpaired) electrons. The fourth-order valence-electron chi connectivity index (χ4n) is 2.42. The lowest BCUT2D eigenvalue weighted by Gasteiger charge is -2.22. The number of carbonyl (C=O) groups excluding carboxylic acids is 4. The molecule has 7 heteroatoms. The molecule has 21 heavy (non-hydrogen) atoms. The number of nitrogens with zero attached hydrogens (tertiary/aromatic N) is 1. The van der Waals surface area contributed by atoms with Crippen LogP contribution in [0.3, 0.4) is 0 Å². The molecule has 0 aliphatic carbocycles. The van der Waals surface area contributed by atoms with E-state index in [9.17, 15) is 19.2 Å². The van der Waals surface area contributed by atoms with Crippen LogP contribution in [0.15, 0.2) is 18.2 Å². The second-order valence-electron chi connectivity index (χ2n) is 4.62. The second kappa shape index (κ2) is 5.74. The van der Waals surface area contributed by atoms with E-state index in [2.05, 4.69) is 5.32 Å². The molecule has 0 saturated carbocycles. The van der Waals surface area contributed by atoms with Crippen LogP contribution in [0.4, 0.5) is 5.69 Å². The molecule has 0 saturated heterocycles. The van der Waals surface area contributed by atoms with Gasteiger partial charge in [-0.1, -0.05) is 6.07 Å². The van der Waals surface area contributed by atoms with Crippen LogP contribution in [0.5, 0.6) is 0 Å². The van der Waals surface area contributed by atoms with E-state index in [1.54, 1.807) is 19.2 Å². The van der Waals surface area contributed by atoms with Gasteiger partial charge in [0.25, 0.3) is 11.8 Å². The molecule has 1 atom stereocenters. The highest BCUT2D eigenvalue weighted by atomic mass is 16.2. The molecule has 0 fully saturated rings. The SMILES string of the molecule is CNc1cccc2c1C(=O)N(C(CCC=O)C(N)=O)C2=O. The molecule has 3 amide bonds. The summed E-state index contributed by atoms with van der Waals surface area (Å²) >= 11 is 0. The van der Waals surface area contributed by atoms with Crippen molar-refractivity contribution in [2.75, 3.05) is 12.4 Å². The Morgan fingerprint density at radius 3 is 2.67 bits per heavy atom. The first-order chi connectivity index (χ1) is 10.0. The van der Waals surface area contributed by atoms with Crippen LogP contribution < -0.4 is 11.1 Å². The van der Waals surface area contributed by atoms with Crippen molar-refractivity contribution < 1.29 is 19.2 Å². The van der Waals surface area contributed by atoms with Crippen molar-refractivity contribution in [3.63, 3.8) is 0 Å². The lowest BCUT2D eigenvalue weighted by atomic mass is 10.1. The molecule has 1 heterocycles. The van der Waals surface area contributed by atoms with Gasteiger partial charge in [0.05, 0.1) is 11.1 Å². The van der Waals surface area contributed by atoms with Crippen LogP contribution in [-0.4, -0.2) is 42.0 Å². The van der Waals surface area contributed by atoms with Crippen LogP contribution in [0, 0.1) is 0 Å². The lowest BCUT2D eigenvalue weighted by Crippen LogP contribution is -2.47. The zero-order chi connectivity index (χ0) is 15.6. The van der Waals surface area contributed by atoms with Gasteiger partial charge in [-0.15, -0.1) is 0 Å². The van der Waals surface area contributed by atoms with Gasteiger partial charge in [-0.3, -0.25) is 19.3 Å². The Morgan fingerprint density at radius 1 is 1.38 bits per heavy atom. The first-order valence-corrected chi connectivity index (χ1v) is 6.44. The Kier molecular flexibility index (Phi) is 4.02. The Balaban J connectivity index is 2.44. The number of carbonyl (C=O) groups is 4.